The van der Waals surface area contributed by atoms with Crippen molar-refractivity contribution >= 4 is 22.8 Å². The summed E-state index contributed by atoms with van der Waals surface area (Å²) in [6.45, 7) is 14.1. The largest absolute Gasteiger partial charge is 0.479 e. The van der Waals surface area contributed by atoms with Crippen LogP contribution in [0.4, 0.5) is 4.39 Å². The fourth-order valence-corrected chi connectivity index (χ4v) is 4.80. The first-order valence-electron chi connectivity index (χ1n) is 13.4. The summed E-state index contributed by atoms with van der Waals surface area (Å²) >= 11 is 0. The number of hydrogen-bond acceptors (Lipinski definition) is 3. The Kier molecular flexibility index (Phi) is 8.05. The fraction of sp³-hybridized carbons (Fsp3) is 0.333. The topological polar surface area (TPSA) is 80.6 Å². The number of rotatable bonds is 8. The number of carboxylic acids is 1. The average Bonchev–Trinajstić information content (AvgIpc) is 3.14. The minimum Gasteiger partial charge on any atom is -0.479 e. The van der Waals surface area contributed by atoms with Crippen LogP contribution in [0.25, 0.3) is 10.9 Å². The van der Waals surface area contributed by atoms with Gasteiger partial charge in [-0.25, -0.2) is 9.18 Å². The van der Waals surface area contributed by atoms with Gasteiger partial charge in [0.25, 0.3) is 5.91 Å². The summed E-state index contributed by atoms with van der Waals surface area (Å²) in [5.41, 5.74) is 6.09. The van der Waals surface area contributed by atoms with Gasteiger partial charge < -0.3 is 19.7 Å². The van der Waals surface area contributed by atoms with Crippen LogP contribution in [0.15, 0.2) is 60.7 Å². The summed E-state index contributed by atoms with van der Waals surface area (Å²) < 4.78 is 22.2. The first-order valence-corrected chi connectivity index (χ1v) is 13.4. The van der Waals surface area contributed by atoms with Crippen LogP contribution < -0.4 is 10.1 Å². The number of carbonyl (C=O) groups is 2. The molecule has 1 amide bonds. The van der Waals surface area contributed by atoms with Crippen LogP contribution in [0, 0.1) is 19.7 Å². The third-order valence-electron chi connectivity index (χ3n) is 7.53. The van der Waals surface area contributed by atoms with E-state index in [0.29, 0.717) is 16.9 Å². The van der Waals surface area contributed by atoms with E-state index in [4.69, 9.17) is 9.84 Å². The predicted octanol–water partition coefficient (Wildman–Crippen LogP) is 7.09. The van der Waals surface area contributed by atoms with Crippen LogP contribution >= 0.6 is 0 Å². The summed E-state index contributed by atoms with van der Waals surface area (Å²) in [7, 11) is 0. The standard InChI is InChI=1S/C33H37FN2O4/c1-19-21(3)36(18-25-16-27(13-14-29(25)34)40-22(4)32(38)39)30-15-10-24(17-28(19)30)31(37)35-20(2)23-8-11-26(12-9-23)33(5,6)7/h8-17,20,22H,18H2,1-7H3,(H,35,37)(H,38,39)/t20-,22?/m0/s1. The van der Waals surface area contributed by atoms with Gasteiger partial charge in [0.1, 0.15) is 11.6 Å². The molecule has 2 atom stereocenters. The molecule has 1 aromatic heterocycles. The number of nitrogens with zero attached hydrogens (tertiary/aromatic N) is 1. The summed E-state index contributed by atoms with van der Waals surface area (Å²) in [6.07, 6.45) is -1.05. The molecule has 1 unspecified atom stereocenters. The lowest BCUT2D eigenvalue weighted by Gasteiger charge is -2.21. The number of aliphatic carboxylic acids is 1. The number of halogens is 1. The van der Waals surface area contributed by atoms with Crippen molar-refractivity contribution in [2.75, 3.05) is 0 Å². The number of hydrogen-bond donors (Lipinski definition) is 2. The molecule has 4 aromatic rings. The third kappa shape index (κ3) is 6.03. The second kappa shape index (κ2) is 11.2. The van der Waals surface area contributed by atoms with Crippen LogP contribution in [0.1, 0.15) is 79.0 Å². The lowest BCUT2D eigenvalue weighted by molar-refractivity contribution is -0.144. The van der Waals surface area contributed by atoms with Gasteiger partial charge in [-0.3, -0.25) is 4.79 Å². The lowest BCUT2D eigenvalue weighted by atomic mass is 9.86. The molecule has 3 aromatic carbocycles. The van der Waals surface area contributed by atoms with E-state index < -0.39 is 17.9 Å². The van der Waals surface area contributed by atoms with Crippen LogP contribution in [-0.4, -0.2) is 27.7 Å². The Morgan fingerprint density at radius 1 is 1.00 bits per heavy atom. The number of fused-ring (bicyclic) bond motifs is 1. The maximum atomic E-state index is 14.8. The van der Waals surface area contributed by atoms with E-state index in [-0.39, 0.29) is 23.9 Å². The second-order valence-corrected chi connectivity index (χ2v) is 11.4. The molecule has 1 heterocycles. The zero-order valence-corrected chi connectivity index (χ0v) is 24.1. The van der Waals surface area contributed by atoms with E-state index >= 15 is 0 Å². The first-order chi connectivity index (χ1) is 18.8. The van der Waals surface area contributed by atoms with E-state index in [1.54, 1.807) is 6.07 Å². The molecule has 210 valence electrons. The van der Waals surface area contributed by atoms with Crippen LogP contribution in [0.2, 0.25) is 0 Å². The number of amides is 1. The van der Waals surface area contributed by atoms with Crippen molar-refractivity contribution in [3.63, 3.8) is 0 Å². The molecule has 0 bridgehead atoms. The fourth-order valence-electron chi connectivity index (χ4n) is 4.80. The SMILES string of the molecule is Cc1c(C)n(Cc2cc(OC(C)C(=O)O)ccc2F)c2ccc(C(=O)N[C@@H](C)c3ccc(C(C)(C)C)cc3)cc12. The zero-order chi connectivity index (χ0) is 29.4. The van der Waals surface area contributed by atoms with Crippen molar-refractivity contribution in [3.05, 3.63) is 100.0 Å². The maximum Gasteiger partial charge on any atom is 0.344 e. The number of carbonyl (C=O) groups excluding carboxylic acids is 1. The van der Waals surface area contributed by atoms with E-state index in [2.05, 4.69) is 50.4 Å². The number of nitrogens with one attached hydrogen (secondary N) is 1. The molecular weight excluding hydrogens is 507 g/mol. The molecule has 40 heavy (non-hydrogen) atoms. The Hall–Kier alpha value is -4.13. The molecule has 4 rings (SSSR count). The first kappa shape index (κ1) is 28.9. The number of aromatic nitrogens is 1. The Bertz CT molecular complexity index is 1560. The summed E-state index contributed by atoms with van der Waals surface area (Å²) in [4.78, 5) is 24.3. The highest BCUT2D eigenvalue weighted by Crippen LogP contribution is 2.29. The van der Waals surface area contributed by atoms with Gasteiger partial charge in [0.15, 0.2) is 6.10 Å². The molecule has 0 aliphatic carbocycles. The second-order valence-electron chi connectivity index (χ2n) is 11.4. The van der Waals surface area contributed by atoms with Crippen molar-refractivity contribution in [2.45, 2.75) is 72.6 Å². The number of ether oxygens (including phenoxy) is 1. The molecule has 2 N–H and O–H groups in total. The highest BCUT2D eigenvalue weighted by atomic mass is 19.1. The van der Waals surface area contributed by atoms with Gasteiger partial charge in [-0.2, -0.15) is 0 Å². The van der Waals surface area contributed by atoms with Gasteiger partial charge in [-0.15, -0.1) is 0 Å². The summed E-state index contributed by atoms with van der Waals surface area (Å²) in [5, 5.41) is 13.2. The normalized spacial score (nSPS) is 13.2. The van der Waals surface area contributed by atoms with E-state index in [9.17, 15) is 14.0 Å². The molecule has 0 radical (unpaired) electrons. The van der Waals surface area contributed by atoms with Crippen molar-refractivity contribution in [1.82, 2.24) is 9.88 Å². The predicted molar refractivity (Wildman–Crippen MR) is 156 cm³/mol. The van der Waals surface area contributed by atoms with Crippen molar-refractivity contribution < 1.29 is 23.8 Å². The molecule has 0 saturated heterocycles. The molecule has 6 nitrogen and oxygen atoms in total. The van der Waals surface area contributed by atoms with Gasteiger partial charge in [0.2, 0.25) is 0 Å². The smallest absolute Gasteiger partial charge is 0.344 e. The number of aryl methyl sites for hydroxylation is 1. The van der Waals surface area contributed by atoms with Gasteiger partial charge in [-0.1, -0.05) is 45.0 Å². The van der Waals surface area contributed by atoms with Gasteiger partial charge in [0, 0.05) is 27.7 Å². The Labute approximate surface area is 234 Å². The molecule has 0 saturated carbocycles. The number of carboxylic acid groups (broad SMARTS) is 1. The minimum absolute atomic E-state index is 0.0636. The molecular formula is C33H37FN2O4. The van der Waals surface area contributed by atoms with Gasteiger partial charge >= 0.3 is 5.97 Å². The monoisotopic (exact) mass is 544 g/mol. The third-order valence-corrected chi connectivity index (χ3v) is 7.53. The van der Waals surface area contributed by atoms with Crippen LogP contribution in [0.5, 0.6) is 5.75 Å². The van der Waals surface area contributed by atoms with E-state index in [1.165, 1.54) is 30.7 Å². The number of benzene rings is 3. The van der Waals surface area contributed by atoms with E-state index in [1.807, 2.05) is 37.5 Å². The Morgan fingerprint density at radius 3 is 2.30 bits per heavy atom. The van der Waals surface area contributed by atoms with E-state index in [0.717, 1.165) is 27.7 Å². The Balaban J connectivity index is 1.57. The van der Waals surface area contributed by atoms with Gasteiger partial charge in [-0.05, 0) is 86.2 Å². The molecule has 7 heteroatoms. The van der Waals surface area contributed by atoms with Crippen molar-refractivity contribution in [1.29, 1.82) is 0 Å². The summed E-state index contributed by atoms with van der Waals surface area (Å²) in [6, 6.07) is 18.0. The summed E-state index contributed by atoms with van der Waals surface area (Å²) in [5.74, 6) is -1.38. The molecule has 0 aliphatic heterocycles. The highest BCUT2D eigenvalue weighted by Gasteiger charge is 2.19. The van der Waals surface area contributed by atoms with Crippen molar-refractivity contribution in [2.24, 2.45) is 0 Å². The van der Waals surface area contributed by atoms with Crippen molar-refractivity contribution in [3.8, 4) is 5.75 Å². The molecule has 0 aliphatic rings. The molecule has 0 fully saturated rings. The average molecular weight is 545 g/mol. The highest BCUT2D eigenvalue weighted by molar-refractivity contribution is 5.99. The maximum absolute atomic E-state index is 14.8. The zero-order valence-electron chi connectivity index (χ0n) is 24.1. The quantitative estimate of drug-likeness (QED) is 0.248. The van der Waals surface area contributed by atoms with Crippen LogP contribution in [-0.2, 0) is 16.8 Å². The Morgan fingerprint density at radius 2 is 1.68 bits per heavy atom. The lowest BCUT2D eigenvalue weighted by Crippen LogP contribution is -2.26. The van der Waals surface area contributed by atoms with Gasteiger partial charge in [0.05, 0.1) is 12.6 Å². The molecule has 0 spiro atoms. The van der Waals surface area contributed by atoms with Crippen LogP contribution in [0.3, 0.4) is 0 Å². The minimum atomic E-state index is -1.10.